The van der Waals surface area contributed by atoms with Crippen molar-refractivity contribution in [2.75, 3.05) is 26.2 Å². The highest BCUT2D eigenvalue weighted by atomic mass is 35.5. The zero-order chi connectivity index (χ0) is 17.9. The van der Waals surface area contributed by atoms with Gasteiger partial charge in [-0.2, -0.15) is 0 Å². The first-order chi connectivity index (χ1) is 12.7. The Kier molecular flexibility index (Phi) is 6.52. The maximum atomic E-state index is 13.2. The van der Waals surface area contributed by atoms with E-state index in [2.05, 4.69) is 10.6 Å². The van der Waals surface area contributed by atoms with Crippen molar-refractivity contribution in [2.24, 2.45) is 11.8 Å². The van der Waals surface area contributed by atoms with Crippen LogP contribution in [0.5, 0.6) is 0 Å². The predicted molar refractivity (Wildman–Crippen MR) is 109 cm³/mol. The third kappa shape index (κ3) is 4.51. The SMILES string of the molecule is Cl.O=C(NC(Cc1ccccc1)C(=O)N1C[C@H]2CNC[C@H]2C1)c1cccs1. The number of amides is 2. The average Bonchev–Trinajstić information content (AvgIpc) is 3.38. The summed E-state index contributed by atoms with van der Waals surface area (Å²) in [4.78, 5) is 28.3. The number of benzene rings is 1. The fraction of sp³-hybridized carbons (Fsp3) is 0.400. The molecule has 0 aliphatic carbocycles. The van der Waals surface area contributed by atoms with Crippen molar-refractivity contribution in [2.45, 2.75) is 12.5 Å². The molecule has 1 aromatic heterocycles. The standard InChI is InChI=1S/C20H23N3O2S.ClH/c24-19(18-7-4-8-26-18)22-17(9-14-5-2-1-3-6-14)20(25)23-12-15-10-21-11-16(15)13-23;/h1-8,15-17,21H,9-13H2,(H,22,24);1H/t15-,16+,17?;. The zero-order valence-corrected chi connectivity index (χ0v) is 16.6. The van der Waals surface area contributed by atoms with Crippen LogP contribution in [0.1, 0.15) is 15.2 Å². The first kappa shape index (κ1) is 19.9. The molecule has 0 bridgehead atoms. The summed E-state index contributed by atoms with van der Waals surface area (Å²) in [7, 11) is 0. The van der Waals surface area contributed by atoms with Gasteiger partial charge in [0.25, 0.3) is 5.91 Å². The maximum Gasteiger partial charge on any atom is 0.262 e. The van der Waals surface area contributed by atoms with Crippen LogP contribution in [0.4, 0.5) is 0 Å². The molecule has 3 heterocycles. The molecular formula is C20H24ClN3O2S. The number of thiophene rings is 1. The lowest BCUT2D eigenvalue weighted by atomic mass is 10.0. The number of carbonyl (C=O) groups is 2. The van der Waals surface area contributed by atoms with E-state index in [1.807, 2.05) is 46.7 Å². The van der Waals surface area contributed by atoms with Crippen LogP contribution in [0.3, 0.4) is 0 Å². The van der Waals surface area contributed by atoms with Crippen molar-refractivity contribution in [3.8, 4) is 0 Å². The lowest BCUT2D eigenvalue weighted by Crippen LogP contribution is -2.49. The highest BCUT2D eigenvalue weighted by Gasteiger charge is 2.40. The van der Waals surface area contributed by atoms with E-state index in [4.69, 9.17) is 0 Å². The molecule has 0 saturated carbocycles. The van der Waals surface area contributed by atoms with Gasteiger partial charge in [-0.1, -0.05) is 36.4 Å². The van der Waals surface area contributed by atoms with Crippen LogP contribution in [0.2, 0.25) is 0 Å². The first-order valence-corrected chi connectivity index (χ1v) is 9.96. The molecule has 2 aliphatic heterocycles. The maximum absolute atomic E-state index is 13.2. The van der Waals surface area contributed by atoms with Crippen LogP contribution in [0, 0.1) is 11.8 Å². The summed E-state index contributed by atoms with van der Waals surface area (Å²) in [6.07, 6.45) is 0.515. The Morgan fingerprint density at radius 1 is 1.11 bits per heavy atom. The van der Waals surface area contributed by atoms with E-state index in [0.29, 0.717) is 23.1 Å². The lowest BCUT2D eigenvalue weighted by Gasteiger charge is -2.25. The Hall–Kier alpha value is -1.89. The number of hydrogen-bond donors (Lipinski definition) is 2. The second-order valence-electron chi connectivity index (χ2n) is 7.11. The van der Waals surface area contributed by atoms with Gasteiger partial charge in [0.1, 0.15) is 6.04 Å². The van der Waals surface area contributed by atoms with Gasteiger partial charge in [-0.05, 0) is 28.8 Å². The van der Waals surface area contributed by atoms with Crippen LogP contribution in [0.25, 0.3) is 0 Å². The lowest BCUT2D eigenvalue weighted by molar-refractivity contribution is -0.132. The molecule has 2 N–H and O–H groups in total. The topological polar surface area (TPSA) is 61.4 Å². The van der Waals surface area contributed by atoms with E-state index in [9.17, 15) is 9.59 Å². The van der Waals surface area contributed by atoms with Crippen LogP contribution in [-0.4, -0.2) is 48.9 Å². The normalized spacial score (nSPS) is 22.0. The molecule has 2 amide bonds. The van der Waals surface area contributed by atoms with E-state index in [0.717, 1.165) is 31.7 Å². The predicted octanol–water partition coefficient (Wildman–Crippen LogP) is 2.19. The molecule has 2 aliphatic rings. The van der Waals surface area contributed by atoms with Gasteiger partial charge in [-0.3, -0.25) is 9.59 Å². The van der Waals surface area contributed by atoms with E-state index in [-0.39, 0.29) is 24.2 Å². The van der Waals surface area contributed by atoms with Crippen LogP contribution < -0.4 is 10.6 Å². The van der Waals surface area contributed by atoms with Gasteiger partial charge in [-0.25, -0.2) is 0 Å². The Bertz CT molecular complexity index is 757. The van der Waals surface area contributed by atoms with Crippen LogP contribution >= 0.6 is 23.7 Å². The molecule has 144 valence electrons. The molecular weight excluding hydrogens is 382 g/mol. The van der Waals surface area contributed by atoms with Crippen molar-refractivity contribution in [1.82, 2.24) is 15.5 Å². The van der Waals surface area contributed by atoms with Crippen LogP contribution in [-0.2, 0) is 11.2 Å². The van der Waals surface area contributed by atoms with Gasteiger partial charge in [0.05, 0.1) is 4.88 Å². The zero-order valence-electron chi connectivity index (χ0n) is 15.0. The molecule has 5 nitrogen and oxygen atoms in total. The average molecular weight is 406 g/mol. The third-order valence-corrected chi connectivity index (χ3v) is 6.20. The molecule has 1 unspecified atom stereocenters. The van der Waals surface area contributed by atoms with E-state index < -0.39 is 6.04 Å². The number of hydrogen-bond acceptors (Lipinski definition) is 4. The van der Waals surface area contributed by atoms with Gasteiger partial charge in [0.2, 0.25) is 5.91 Å². The van der Waals surface area contributed by atoms with Gasteiger partial charge >= 0.3 is 0 Å². The number of likely N-dealkylation sites (tertiary alicyclic amines) is 1. The van der Waals surface area contributed by atoms with Gasteiger partial charge in [-0.15, -0.1) is 23.7 Å². The van der Waals surface area contributed by atoms with E-state index in [1.54, 1.807) is 6.07 Å². The van der Waals surface area contributed by atoms with E-state index >= 15 is 0 Å². The Balaban J connectivity index is 0.00000210. The smallest absolute Gasteiger partial charge is 0.262 e. The monoisotopic (exact) mass is 405 g/mol. The largest absolute Gasteiger partial charge is 0.340 e. The van der Waals surface area contributed by atoms with Gasteiger partial charge in [0.15, 0.2) is 0 Å². The molecule has 4 rings (SSSR count). The first-order valence-electron chi connectivity index (χ1n) is 9.08. The number of nitrogens with one attached hydrogen (secondary N) is 2. The number of fused-ring (bicyclic) bond motifs is 1. The Labute approximate surface area is 169 Å². The van der Waals surface area contributed by atoms with Gasteiger partial charge < -0.3 is 15.5 Å². The molecule has 2 aromatic rings. The summed E-state index contributed by atoms with van der Waals surface area (Å²) < 4.78 is 0. The van der Waals surface area contributed by atoms with Crippen LogP contribution in [0.15, 0.2) is 47.8 Å². The van der Waals surface area contributed by atoms with Crippen molar-refractivity contribution in [3.63, 3.8) is 0 Å². The minimum absolute atomic E-state index is 0. The van der Waals surface area contributed by atoms with Crippen molar-refractivity contribution in [3.05, 3.63) is 58.3 Å². The Morgan fingerprint density at radius 2 is 1.81 bits per heavy atom. The quantitative estimate of drug-likeness (QED) is 0.801. The summed E-state index contributed by atoms with van der Waals surface area (Å²) in [5.41, 5.74) is 1.05. The number of rotatable bonds is 5. The third-order valence-electron chi connectivity index (χ3n) is 5.33. The summed E-state index contributed by atoms with van der Waals surface area (Å²) in [5.74, 6) is 0.956. The van der Waals surface area contributed by atoms with E-state index in [1.165, 1.54) is 11.3 Å². The fourth-order valence-electron chi connectivity index (χ4n) is 3.94. The molecule has 0 radical (unpaired) electrons. The second-order valence-corrected chi connectivity index (χ2v) is 8.06. The molecule has 0 spiro atoms. The fourth-order valence-corrected chi connectivity index (χ4v) is 4.57. The Morgan fingerprint density at radius 3 is 2.44 bits per heavy atom. The summed E-state index contributed by atoms with van der Waals surface area (Å²) in [6.45, 7) is 3.55. The van der Waals surface area contributed by atoms with Crippen molar-refractivity contribution < 1.29 is 9.59 Å². The summed E-state index contributed by atoms with van der Waals surface area (Å²) in [5, 5.41) is 8.24. The molecule has 27 heavy (non-hydrogen) atoms. The molecule has 2 fully saturated rings. The second kappa shape index (κ2) is 8.87. The molecule has 7 heteroatoms. The van der Waals surface area contributed by atoms with Crippen molar-refractivity contribution >= 4 is 35.6 Å². The highest BCUT2D eigenvalue weighted by molar-refractivity contribution is 7.12. The molecule has 2 saturated heterocycles. The number of nitrogens with zero attached hydrogens (tertiary/aromatic N) is 1. The number of carbonyl (C=O) groups excluding carboxylic acids is 2. The summed E-state index contributed by atoms with van der Waals surface area (Å²) in [6, 6.07) is 13.0. The summed E-state index contributed by atoms with van der Waals surface area (Å²) >= 11 is 1.39. The molecule has 1 aromatic carbocycles. The molecule has 3 atom stereocenters. The highest BCUT2D eigenvalue weighted by Crippen LogP contribution is 2.27. The van der Waals surface area contributed by atoms with Gasteiger partial charge in [0, 0.05) is 32.6 Å². The minimum atomic E-state index is -0.529. The number of halogens is 1. The minimum Gasteiger partial charge on any atom is -0.340 e. The van der Waals surface area contributed by atoms with Crippen molar-refractivity contribution in [1.29, 1.82) is 0 Å².